The van der Waals surface area contributed by atoms with Gasteiger partial charge in [0.2, 0.25) is 11.2 Å². The molecule has 0 fully saturated rings. The third kappa shape index (κ3) is 3.98. The first-order valence-corrected chi connectivity index (χ1v) is 11.2. The quantitative estimate of drug-likeness (QED) is 0.434. The van der Waals surface area contributed by atoms with Crippen LogP contribution in [0.2, 0.25) is 5.28 Å². The van der Waals surface area contributed by atoms with E-state index in [1.54, 1.807) is 0 Å². The number of anilines is 1. The van der Waals surface area contributed by atoms with Crippen molar-refractivity contribution in [1.82, 2.24) is 23.7 Å². The van der Waals surface area contributed by atoms with Gasteiger partial charge in [0, 0.05) is 25.0 Å². The Morgan fingerprint density at radius 1 is 1.12 bits per heavy atom. The van der Waals surface area contributed by atoms with Gasteiger partial charge in [-0.1, -0.05) is 37.6 Å². The molecule has 0 saturated heterocycles. The number of aryl methyl sites for hydroxylation is 2. The monoisotopic (exact) mass is 472 g/mol. The Kier molecular flexibility index (Phi) is 5.98. The lowest BCUT2D eigenvalue weighted by Gasteiger charge is -2.07. The molecule has 0 radical (unpaired) electrons. The van der Waals surface area contributed by atoms with Crippen molar-refractivity contribution < 1.29 is 4.79 Å². The molecule has 1 aromatic carbocycles. The Bertz CT molecular complexity index is 1430. The van der Waals surface area contributed by atoms with Crippen molar-refractivity contribution in [3.63, 3.8) is 0 Å². The van der Waals surface area contributed by atoms with E-state index in [0.29, 0.717) is 5.13 Å². The molecule has 3 heterocycles. The summed E-state index contributed by atoms with van der Waals surface area (Å²) in [6.07, 6.45) is 2.12. The van der Waals surface area contributed by atoms with E-state index >= 15 is 0 Å². The molecular weight excluding hydrogens is 452 g/mol. The van der Waals surface area contributed by atoms with Gasteiger partial charge in [0.1, 0.15) is 6.54 Å². The molecule has 9 nitrogen and oxygen atoms in total. The van der Waals surface area contributed by atoms with Gasteiger partial charge in [0.05, 0.1) is 5.69 Å². The number of aromatic nitrogens is 5. The highest BCUT2D eigenvalue weighted by molar-refractivity contribution is 7.14. The van der Waals surface area contributed by atoms with Crippen molar-refractivity contribution in [2.75, 3.05) is 5.32 Å². The van der Waals surface area contributed by atoms with Crippen LogP contribution < -0.4 is 16.6 Å². The first-order valence-electron chi connectivity index (χ1n) is 9.96. The number of hydrogen-bond donors (Lipinski definition) is 1. The molecule has 0 unspecified atom stereocenters. The maximum Gasteiger partial charge on any atom is 0.332 e. The summed E-state index contributed by atoms with van der Waals surface area (Å²) in [5.74, 6) is -0.415. The third-order valence-corrected chi connectivity index (χ3v) is 6.19. The minimum atomic E-state index is -0.571. The third-order valence-electron chi connectivity index (χ3n) is 5.14. The van der Waals surface area contributed by atoms with Crippen LogP contribution >= 0.6 is 22.9 Å². The second-order valence-corrected chi connectivity index (χ2v) is 8.57. The summed E-state index contributed by atoms with van der Waals surface area (Å²) < 4.78 is 3.46. The Hall–Kier alpha value is -3.24. The number of rotatable bonds is 6. The van der Waals surface area contributed by atoms with Crippen LogP contribution in [0.4, 0.5) is 5.13 Å². The van der Waals surface area contributed by atoms with Crippen molar-refractivity contribution in [1.29, 1.82) is 0 Å². The highest BCUT2D eigenvalue weighted by Gasteiger charge is 2.20. The molecule has 1 N–H and O–H groups in total. The highest BCUT2D eigenvalue weighted by atomic mass is 35.5. The molecule has 0 aliphatic rings. The first-order chi connectivity index (χ1) is 15.3. The summed E-state index contributed by atoms with van der Waals surface area (Å²) in [5, 5.41) is 4.99. The minimum absolute atomic E-state index is 0.0551. The molecule has 11 heteroatoms. The summed E-state index contributed by atoms with van der Waals surface area (Å²) in [6, 6.07) is 8.19. The number of nitrogens with zero attached hydrogens (tertiary/aromatic N) is 5. The molecule has 0 aliphatic heterocycles. The van der Waals surface area contributed by atoms with E-state index in [2.05, 4.69) is 34.3 Å². The highest BCUT2D eigenvalue weighted by Crippen LogP contribution is 2.25. The van der Waals surface area contributed by atoms with Gasteiger partial charge in [-0.25, -0.2) is 9.78 Å². The maximum absolute atomic E-state index is 12.7. The van der Waals surface area contributed by atoms with Gasteiger partial charge in [0.25, 0.3) is 5.56 Å². The number of halogens is 1. The lowest BCUT2D eigenvalue weighted by molar-refractivity contribution is -0.116. The van der Waals surface area contributed by atoms with E-state index in [1.165, 1.54) is 40.1 Å². The van der Waals surface area contributed by atoms with E-state index in [-0.39, 0.29) is 23.0 Å². The Morgan fingerprint density at radius 3 is 2.53 bits per heavy atom. The zero-order valence-electron chi connectivity index (χ0n) is 17.8. The molecule has 0 saturated carbocycles. The zero-order chi connectivity index (χ0) is 23.0. The van der Waals surface area contributed by atoms with Crippen LogP contribution in [0.25, 0.3) is 22.4 Å². The van der Waals surface area contributed by atoms with E-state index in [4.69, 9.17) is 11.6 Å². The molecule has 0 bridgehead atoms. The van der Waals surface area contributed by atoms with Gasteiger partial charge >= 0.3 is 5.69 Å². The number of hydrogen-bond acceptors (Lipinski definition) is 6. The zero-order valence-corrected chi connectivity index (χ0v) is 19.3. The summed E-state index contributed by atoms with van der Waals surface area (Å²) >= 11 is 7.48. The summed E-state index contributed by atoms with van der Waals surface area (Å²) in [6.45, 7) is 1.89. The summed E-state index contributed by atoms with van der Waals surface area (Å²) in [5.41, 5.74) is 2.12. The van der Waals surface area contributed by atoms with E-state index < -0.39 is 17.2 Å². The second-order valence-electron chi connectivity index (χ2n) is 7.38. The van der Waals surface area contributed by atoms with Crippen molar-refractivity contribution in [2.45, 2.75) is 26.3 Å². The van der Waals surface area contributed by atoms with E-state index in [0.717, 1.165) is 28.7 Å². The van der Waals surface area contributed by atoms with Gasteiger partial charge in [-0.05, 0) is 23.6 Å². The van der Waals surface area contributed by atoms with Crippen molar-refractivity contribution in [2.24, 2.45) is 14.1 Å². The predicted octanol–water partition coefficient (Wildman–Crippen LogP) is 2.80. The number of fused-ring (bicyclic) bond motifs is 1. The number of imidazole rings is 1. The molecule has 0 aliphatic carbocycles. The lowest BCUT2D eigenvalue weighted by Crippen LogP contribution is -2.37. The molecule has 1 amide bonds. The van der Waals surface area contributed by atoms with E-state index in [9.17, 15) is 14.4 Å². The predicted molar refractivity (Wildman–Crippen MR) is 125 cm³/mol. The molecule has 32 heavy (non-hydrogen) atoms. The Balaban J connectivity index is 1.55. The average molecular weight is 473 g/mol. The van der Waals surface area contributed by atoms with Crippen LogP contribution in [0, 0.1) is 0 Å². The summed E-state index contributed by atoms with van der Waals surface area (Å²) in [4.78, 5) is 45.9. The van der Waals surface area contributed by atoms with Gasteiger partial charge in [-0.15, -0.1) is 11.3 Å². The van der Waals surface area contributed by atoms with Crippen molar-refractivity contribution in [3.8, 4) is 11.3 Å². The smallest absolute Gasteiger partial charge is 0.300 e. The fraction of sp³-hybridized carbons (Fsp3) is 0.286. The number of nitrogens with one attached hydrogen (secondary N) is 1. The topological polar surface area (TPSA) is 104 Å². The van der Waals surface area contributed by atoms with E-state index in [1.807, 2.05) is 17.5 Å². The number of amides is 1. The Labute approximate surface area is 191 Å². The largest absolute Gasteiger partial charge is 0.332 e. The van der Waals surface area contributed by atoms with Crippen LogP contribution in [0.3, 0.4) is 0 Å². The molecule has 166 valence electrons. The number of benzene rings is 1. The maximum atomic E-state index is 12.7. The van der Waals surface area contributed by atoms with Crippen LogP contribution in [-0.4, -0.2) is 29.6 Å². The lowest BCUT2D eigenvalue weighted by atomic mass is 10.1. The molecule has 4 rings (SSSR count). The van der Waals surface area contributed by atoms with Crippen LogP contribution in [0.1, 0.15) is 18.9 Å². The fourth-order valence-electron chi connectivity index (χ4n) is 3.46. The van der Waals surface area contributed by atoms with Crippen molar-refractivity contribution in [3.05, 3.63) is 61.3 Å². The average Bonchev–Trinajstić information content (AvgIpc) is 3.36. The van der Waals surface area contributed by atoms with Crippen LogP contribution in [0.5, 0.6) is 0 Å². The van der Waals surface area contributed by atoms with Gasteiger partial charge in [0.15, 0.2) is 16.3 Å². The SMILES string of the molecule is CCCc1ccc(-c2csc(NC(=O)Cn3c(Cl)nc4c3c(=O)n(C)c(=O)n4C)n2)cc1. The fourth-order valence-corrected chi connectivity index (χ4v) is 4.42. The first kappa shape index (κ1) is 22.0. The number of carbonyl (C=O) groups excluding carboxylic acids is 1. The minimum Gasteiger partial charge on any atom is -0.300 e. The molecule has 3 aromatic heterocycles. The molecule has 0 atom stereocenters. The molecular formula is C21H21ClN6O3S. The van der Waals surface area contributed by atoms with Crippen LogP contribution in [0.15, 0.2) is 39.2 Å². The normalized spacial score (nSPS) is 11.2. The second kappa shape index (κ2) is 8.71. The van der Waals surface area contributed by atoms with Crippen LogP contribution in [-0.2, 0) is 31.9 Å². The number of carbonyl (C=O) groups is 1. The number of thiazole rings is 1. The Morgan fingerprint density at radius 2 is 1.84 bits per heavy atom. The molecule has 0 spiro atoms. The summed E-state index contributed by atoms with van der Waals surface area (Å²) in [7, 11) is 2.85. The molecule has 4 aromatic rings. The van der Waals surface area contributed by atoms with Gasteiger partial charge in [-0.3, -0.25) is 23.3 Å². The standard InChI is InChI=1S/C21H21ClN6O3S/c1-4-5-12-6-8-13(9-7-12)14-11-32-20(23-14)24-15(29)10-28-16-17(25-19(28)22)26(2)21(31)27(3)18(16)30/h6-9,11H,4-5,10H2,1-3H3,(H,23,24,29). The van der Waals surface area contributed by atoms with Gasteiger partial charge < -0.3 is 5.32 Å². The van der Waals surface area contributed by atoms with Crippen molar-refractivity contribution >= 4 is 45.1 Å². The van der Waals surface area contributed by atoms with Gasteiger partial charge in [-0.2, -0.15) is 4.98 Å².